The van der Waals surface area contributed by atoms with Crippen LogP contribution in [0.5, 0.6) is 0 Å². The van der Waals surface area contributed by atoms with Crippen molar-refractivity contribution in [3.8, 4) is 11.3 Å². The van der Waals surface area contributed by atoms with Crippen LogP contribution in [-0.2, 0) is 0 Å². The van der Waals surface area contributed by atoms with E-state index in [9.17, 15) is 0 Å². The van der Waals surface area contributed by atoms with Crippen molar-refractivity contribution in [3.05, 3.63) is 30.6 Å². The number of nitrogens with two attached hydrogens (primary N) is 1. The summed E-state index contributed by atoms with van der Waals surface area (Å²) in [4.78, 5) is 0. The van der Waals surface area contributed by atoms with Crippen LogP contribution in [0.4, 0.5) is 5.69 Å². The standard InChI is InChI=1S/C10H9N5/c11-7-1-2-9-8(3-7)10(15-14-9)6-4-12-13-5-6/h1-5H,11H2,(H,12,13)(H,14,15). The summed E-state index contributed by atoms with van der Waals surface area (Å²) < 4.78 is 0. The first kappa shape index (κ1) is 8.05. The molecule has 0 unspecified atom stereocenters. The van der Waals surface area contributed by atoms with E-state index in [1.807, 2.05) is 18.2 Å². The lowest BCUT2D eigenvalue weighted by molar-refractivity contribution is 1.09. The largest absolute Gasteiger partial charge is 0.399 e. The van der Waals surface area contributed by atoms with Gasteiger partial charge in [-0.2, -0.15) is 10.2 Å². The molecule has 3 rings (SSSR count). The molecule has 0 spiro atoms. The summed E-state index contributed by atoms with van der Waals surface area (Å²) in [5, 5.41) is 14.9. The van der Waals surface area contributed by atoms with Crippen molar-refractivity contribution in [3.63, 3.8) is 0 Å². The summed E-state index contributed by atoms with van der Waals surface area (Å²) in [7, 11) is 0. The predicted molar refractivity (Wildman–Crippen MR) is 58.1 cm³/mol. The van der Waals surface area contributed by atoms with Crippen LogP contribution in [0.3, 0.4) is 0 Å². The summed E-state index contributed by atoms with van der Waals surface area (Å²) in [6.07, 6.45) is 3.54. The first-order chi connectivity index (χ1) is 7.34. The molecule has 0 amide bonds. The average Bonchev–Trinajstić information content (AvgIpc) is 2.83. The van der Waals surface area contributed by atoms with Crippen molar-refractivity contribution >= 4 is 16.6 Å². The zero-order chi connectivity index (χ0) is 10.3. The lowest BCUT2D eigenvalue weighted by Gasteiger charge is -1.94. The Bertz CT molecular complexity index is 593. The van der Waals surface area contributed by atoms with Gasteiger partial charge in [0, 0.05) is 22.8 Å². The third kappa shape index (κ3) is 1.17. The number of nitrogens with zero attached hydrogens (tertiary/aromatic N) is 2. The zero-order valence-electron chi connectivity index (χ0n) is 7.86. The fourth-order valence-electron chi connectivity index (χ4n) is 1.63. The highest BCUT2D eigenvalue weighted by atomic mass is 15.1. The number of benzene rings is 1. The van der Waals surface area contributed by atoms with E-state index < -0.39 is 0 Å². The second-order valence-corrected chi connectivity index (χ2v) is 3.36. The van der Waals surface area contributed by atoms with Gasteiger partial charge < -0.3 is 5.73 Å². The number of nitrogen functional groups attached to an aromatic ring is 1. The number of H-pyrrole nitrogens is 2. The Morgan fingerprint density at radius 1 is 1.27 bits per heavy atom. The van der Waals surface area contributed by atoms with Crippen LogP contribution in [0, 0.1) is 0 Å². The third-order valence-electron chi connectivity index (χ3n) is 2.36. The molecule has 5 nitrogen and oxygen atoms in total. The molecule has 0 atom stereocenters. The van der Waals surface area contributed by atoms with Gasteiger partial charge in [0.15, 0.2) is 0 Å². The molecule has 74 valence electrons. The SMILES string of the molecule is Nc1ccc2[nH]nc(-c3cn[nH]c3)c2c1. The molecule has 2 aromatic heterocycles. The monoisotopic (exact) mass is 199 g/mol. The molecule has 0 aliphatic heterocycles. The minimum absolute atomic E-state index is 0.730. The van der Waals surface area contributed by atoms with Crippen molar-refractivity contribution in [1.29, 1.82) is 0 Å². The van der Waals surface area contributed by atoms with Crippen LogP contribution in [0.2, 0.25) is 0 Å². The van der Waals surface area contributed by atoms with Gasteiger partial charge in [-0.25, -0.2) is 0 Å². The normalized spacial score (nSPS) is 10.9. The molecule has 0 aliphatic rings. The van der Waals surface area contributed by atoms with E-state index in [2.05, 4.69) is 20.4 Å². The Morgan fingerprint density at radius 2 is 2.20 bits per heavy atom. The predicted octanol–water partition coefficient (Wildman–Crippen LogP) is 1.54. The Labute approximate surface area is 85.3 Å². The van der Waals surface area contributed by atoms with Crippen LogP contribution in [0.15, 0.2) is 30.6 Å². The first-order valence-electron chi connectivity index (χ1n) is 4.57. The second-order valence-electron chi connectivity index (χ2n) is 3.36. The Morgan fingerprint density at radius 3 is 3.00 bits per heavy atom. The van der Waals surface area contributed by atoms with Gasteiger partial charge in [0.05, 0.1) is 11.7 Å². The van der Waals surface area contributed by atoms with Crippen molar-refractivity contribution in [1.82, 2.24) is 20.4 Å². The minimum Gasteiger partial charge on any atom is -0.399 e. The molecule has 1 aromatic carbocycles. The number of hydrogen-bond donors (Lipinski definition) is 3. The summed E-state index contributed by atoms with van der Waals surface area (Å²) in [5.41, 5.74) is 9.26. The van der Waals surface area contributed by atoms with E-state index >= 15 is 0 Å². The van der Waals surface area contributed by atoms with E-state index in [1.54, 1.807) is 12.4 Å². The summed E-state index contributed by atoms with van der Waals surface area (Å²) in [5.74, 6) is 0. The number of hydrogen-bond acceptors (Lipinski definition) is 3. The number of fused-ring (bicyclic) bond motifs is 1. The molecule has 0 radical (unpaired) electrons. The van der Waals surface area contributed by atoms with Gasteiger partial charge in [0.25, 0.3) is 0 Å². The van der Waals surface area contributed by atoms with Crippen LogP contribution in [0.1, 0.15) is 0 Å². The van der Waals surface area contributed by atoms with Gasteiger partial charge in [0.2, 0.25) is 0 Å². The Balaban J connectivity index is 2.32. The fourth-order valence-corrected chi connectivity index (χ4v) is 1.63. The quantitative estimate of drug-likeness (QED) is 0.520. The number of aromatic nitrogens is 4. The molecule has 0 saturated carbocycles. The van der Waals surface area contributed by atoms with Gasteiger partial charge in [-0.3, -0.25) is 10.2 Å². The molecule has 15 heavy (non-hydrogen) atoms. The summed E-state index contributed by atoms with van der Waals surface area (Å²) in [6.45, 7) is 0. The van der Waals surface area contributed by atoms with Crippen LogP contribution >= 0.6 is 0 Å². The second kappa shape index (κ2) is 2.84. The number of rotatable bonds is 1. The molecule has 3 aromatic rings. The van der Waals surface area contributed by atoms with E-state index in [0.29, 0.717) is 0 Å². The van der Waals surface area contributed by atoms with E-state index in [-0.39, 0.29) is 0 Å². The van der Waals surface area contributed by atoms with Gasteiger partial charge in [-0.05, 0) is 18.2 Å². The average molecular weight is 199 g/mol. The molecule has 5 heteroatoms. The first-order valence-corrected chi connectivity index (χ1v) is 4.57. The minimum atomic E-state index is 0.730. The van der Waals surface area contributed by atoms with E-state index in [4.69, 9.17) is 5.73 Å². The Hall–Kier alpha value is -2.30. The molecular weight excluding hydrogens is 190 g/mol. The van der Waals surface area contributed by atoms with Gasteiger partial charge >= 0.3 is 0 Å². The van der Waals surface area contributed by atoms with Crippen LogP contribution in [-0.4, -0.2) is 20.4 Å². The molecule has 0 aliphatic carbocycles. The number of aromatic amines is 2. The van der Waals surface area contributed by atoms with E-state index in [1.165, 1.54) is 0 Å². The smallest absolute Gasteiger partial charge is 0.103 e. The van der Waals surface area contributed by atoms with Crippen molar-refractivity contribution < 1.29 is 0 Å². The van der Waals surface area contributed by atoms with Gasteiger partial charge in [-0.15, -0.1) is 0 Å². The van der Waals surface area contributed by atoms with Crippen molar-refractivity contribution in [2.24, 2.45) is 0 Å². The van der Waals surface area contributed by atoms with Crippen molar-refractivity contribution in [2.45, 2.75) is 0 Å². The fraction of sp³-hybridized carbons (Fsp3) is 0. The van der Waals surface area contributed by atoms with Crippen LogP contribution in [0.25, 0.3) is 22.2 Å². The molecular formula is C10H9N5. The lowest BCUT2D eigenvalue weighted by Crippen LogP contribution is -1.82. The topological polar surface area (TPSA) is 83.4 Å². The van der Waals surface area contributed by atoms with Crippen LogP contribution < -0.4 is 5.73 Å². The van der Waals surface area contributed by atoms with E-state index in [0.717, 1.165) is 27.8 Å². The lowest BCUT2D eigenvalue weighted by atomic mass is 10.1. The maximum Gasteiger partial charge on any atom is 0.103 e. The molecule has 4 N–H and O–H groups in total. The third-order valence-corrected chi connectivity index (χ3v) is 2.36. The maximum atomic E-state index is 5.74. The Kier molecular flexibility index (Phi) is 1.53. The molecule has 0 bridgehead atoms. The number of anilines is 1. The van der Waals surface area contributed by atoms with Gasteiger partial charge in [0.1, 0.15) is 5.69 Å². The molecule has 0 saturated heterocycles. The number of nitrogens with one attached hydrogen (secondary N) is 2. The summed E-state index contributed by atoms with van der Waals surface area (Å²) >= 11 is 0. The highest BCUT2D eigenvalue weighted by Crippen LogP contribution is 2.26. The zero-order valence-corrected chi connectivity index (χ0v) is 7.86. The highest BCUT2D eigenvalue weighted by Gasteiger charge is 2.08. The highest BCUT2D eigenvalue weighted by molar-refractivity contribution is 5.94. The maximum absolute atomic E-state index is 5.74. The molecule has 0 fully saturated rings. The van der Waals surface area contributed by atoms with Crippen molar-refractivity contribution in [2.75, 3.05) is 5.73 Å². The van der Waals surface area contributed by atoms with Gasteiger partial charge in [-0.1, -0.05) is 0 Å². The summed E-state index contributed by atoms with van der Waals surface area (Å²) in [6, 6.07) is 5.67. The molecule has 2 heterocycles.